The van der Waals surface area contributed by atoms with Gasteiger partial charge in [0.05, 0.1) is 0 Å². The zero-order valence-corrected chi connectivity index (χ0v) is 9.16. The lowest BCUT2D eigenvalue weighted by Crippen LogP contribution is -2.37. The van der Waals surface area contributed by atoms with Crippen molar-refractivity contribution < 1.29 is 9.59 Å². The van der Waals surface area contributed by atoms with Gasteiger partial charge in [0, 0.05) is 31.5 Å². The van der Waals surface area contributed by atoms with E-state index in [4.69, 9.17) is 0 Å². The second-order valence-electron chi connectivity index (χ2n) is 5.12. The van der Waals surface area contributed by atoms with Gasteiger partial charge in [-0.1, -0.05) is 6.92 Å². The maximum Gasteiger partial charge on any atom is 0.220 e. The van der Waals surface area contributed by atoms with Crippen molar-refractivity contribution >= 4 is 12.3 Å². The molecule has 0 aromatic rings. The summed E-state index contributed by atoms with van der Waals surface area (Å²) in [5.41, 5.74) is 0.145. The standard InChI is InChI=1S/C11H18N2O2/c1-9-4-10(15)12-6-11(5-9)2-3-13(7-11)8-14/h8-9H,2-7H2,1H3,(H,12,15). The minimum Gasteiger partial charge on any atom is -0.355 e. The van der Waals surface area contributed by atoms with Gasteiger partial charge in [0.15, 0.2) is 0 Å². The number of nitrogens with zero attached hydrogens (tertiary/aromatic N) is 1. The van der Waals surface area contributed by atoms with Crippen LogP contribution in [-0.4, -0.2) is 36.9 Å². The average molecular weight is 210 g/mol. The number of carbonyl (C=O) groups excluding carboxylic acids is 2. The molecule has 2 heterocycles. The van der Waals surface area contributed by atoms with Gasteiger partial charge in [0.2, 0.25) is 12.3 Å². The van der Waals surface area contributed by atoms with E-state index >= 15 is 0 Å². The predicted octanol–water partition coefficient (Wildman–Crippen LogP) is 0.381. The number of carbonyl (C=O) groups is 2. The van der Waals surface area contributed by atoms with Crippen molar-refractivity contribution in [1.82, 2.24) is 10.2 Å². The lowest BCUT2D eigenvalue weighted by molar-refractivity contribution is -0.121. The van der Waals surface area contributed by atoms with Crippen LogP contribution < -0.4 is 5.32 Å². The second kappa shape index (κ2) is 3.83. The number of rotatable bonds is 1. The van der Waals surface area contributed by atoms with Crippen molar-refractivity contribution in [1.29, 1.82) is 0 Å². The van der Waals surface area contributed by atoms with Crippen LogP contribution in [0.15, 0.2) is 0 Å². The van der Waals surface area contributed by atoms with E-state index in [1.54, 1.807) is 0 Å². The zero-order chi connectivity index (χ0) is 10.9. The van der Waals surface area contributed by atoms with E-state index < -0.39 is 0 Å². The van der Waals surface area contributed by atoms with E-state index in [1.807, 2.05) is 4.90 Å². The molecular weight excluding hydrogens is 192 g/mol. The topological polar surface area (TPSA) is 49.4 Å². The monoisotopic (exact) mass is 210 g/mol. The smallest absolute Gasteiger partial charge is 0.220 e. The summed E-state index contributed by atoms with van der Waals surface area (Å²) in [7, 11) is 0. The third kappa shape index (κ3) is 2.13. The van der Waals surface area contributed by atoms with Crippen molar-refractivity contribution in [3.8, 4) is 0 Å². The quantitative estimate of drug-likeness (QED) is 0.636. The zero-order valence-electron chi connectivity index (χ0n) is 9.16. The number of likely N-dealkylation sites (tertiary alicyclic amines) is 1. The van der Waals surface area contributed by atoms with Crippen LogP contribution in [0.3, 0.4) is 0 Å². The lowest BCUT2D eigenvalue weighted by atomic mass is 9.79. The third-order valence-electron chi connectivity index (χ3n) is 3.59. The fourth-order valence-corrected chi connectivity index (χ4v) is 2.93. The molecule has 1 N–H and O–H groups in total. The fourth-order valence-electron chi connectivity index (χ4n) is 2.93. The molecule has 2 aliphatic rings. The van der Waals surface area contributed by atoms with Gasteiger partial charge in [-0.05, 0) is 18.8 Å². The number of hydrogen-bond acceptors (Lipinski definition) is 2. The predicted molar refractivity (Wildman–Crippen MR) is 56.1 cm³/mol. The van der Waals surface area contributed by atoms with E-state index in [-0.39, 0.29) is 11.3 Å². The Morgan fingerprint density at radius 2 is 2.40 bits per heavy atom. The first kappa shape index (κ1) is 10.5. The number of nitrogens with one attached hydrogen (secondary N) is 1. The highest BCUT2D eigenvalue weighted by atomic mass is 16.1. The molecule has 2 amide bonds. The Kier molecular flexibility index (Phi) is 2.67. The molecule has 2 atom stereocenters. The average Bonchev–Trinajstić information content (AvgIpc) is 2.52. The van der Waals surface area contributed by atoms with Crippen LogP contribution in [0.1, 0.15) is 26.2 Å². The van der Waals surface area contributed by atoms with Crippen LogP contribution in [-0.2, 0) is 9.59 Å². The third-order valence-corrected chi connectivity index (χ3v) is 3.59. The Bertz CT molecular complexity index is 280. The summed E-state index contributed by atoms with van der Waals surface area (Å²) in [6, 6.07) is 0. The molecule has 0 saturated carbocycles. The first-order chi connectivity index (χ1) is 7.13. The summed E-state index contributed by atoms with van der Waals surface area (Å²) >= 11 is 0. The minimum absolute atomic E-state index is 0.145. The molecule has 0 radical (unpaired) electrons. The normalized spacial score (nSPS) is 36.5. The largest absolute Gasteiger partial charge is 0.355 e. The van der Waals surface area contributed by atoms with Gasteiger partial charge in [0.1, 0.15) is 0 Å². The van der Waals surface area contributed by atoms with E-state index in [0.717, 1.165) is 38.9 Å². The molecule has 4 nitrogen and oxygen atoms in total. The molecule has 84 valence electrons. The highest BCUT2D eigenvalue weighted by Crippen LogP contribution is 2.37. The summed E-state index contributed by atoms with van der Waals surface area (Å²) in [6.45, 7) is 4.50. The van der Waals surface area contributed by atoms with Crippen molar-refractivity contribution in [3.05, 3.63) is 0 Å². The molecule has 2 aliphatic heterocycles. The number of amides is 2. The lowest BCUT2D eigenvalue weighted by Gasteiger charge is -2.28. The maximum atomic E-state index is 11.4. The van der Waals surface area contributed by atoms with E-state index in [0.29, 0.717) is 12.3 Å². The first-order valence-electron chi connectivity index (χ1n) is 5.60. The Morgan fingerprint density at radius 3 is 3.07 bits per heavy atom. The van der Waals surface area contributed by atoms with E-state index in [1.165, 1.54) is 0 Å². The van der Waals surface area contributed by atoms with E-state index in [9.17, 15) is 9.59 Å². The molecule has 2 saturated heterocycles. The van der Waals surface area contributed by atoms with Crippen LogP contribution in [0.25, 0.3) is 0 Å². The fraction of sp³-hybridized carbons (Fsp3) is 0.818. The Hall–Kier alpha value is -1.06. The van der Waals surface area contributed by atoms with Gasteiger partial charge >= 0.3 is 0 Å². The molecule has 4 heteroatoms. The minimum atomic E-state index is 0.145. The van der Waals surface area contributed by atoms with Gasteiger partial charge in [0.25, 0.3) is 0 Å². The Balaban J connectivity index is 2.08. The van der Waals surface area contributed by atoms with Crippen LogP contribution in [0.4, 0.5) is 0 Å². The maximum absolute atomic E-state index is 11.4. The molecule has 2 unspecified atom stereocenters. The Morgan fingerprint density at radius 1 is 1.60 bits per heavy atom. The van der Waals surface area contributed by atoms with Crippen LogP contribution in [0.5, 0.6) is 0 Å². The SMILES string of the molecule is CC1CC(=O)NCC2(CCN(C=O)C2)C1. The molecule has 0 aromatic heterocycles. The Labute approximate surface area is 90.0 Å². The summed E-state index contributed by atoms with van der Waals surface area (Å²) in [5, 5.41) is 2.97. The van der Waals surface area contributed by atoms with Gasteiger partial charge in [-0.3, -0.25) is 9.59 Å². The molecule has 2 rings (SSSR count). The van der Waals surface area contributed by atoms with Gasteiger partial charge in [-0.15, -0.1) is 0 Å². The molecule has 2 fully saturated rings. The van der Waals surface area contributed by atoms with Crippen molar-refractivity contribution in [2.75, 3.05) is 19.6 Å². The summed E-state index contributed by atoms with van der Waals surface area (Å²) in [4.78, 5) is 23.9. The van der Waals surface area contributed by atoms with Gasteiger partial charge in [-0.25, -0.2) is 0 Å². The van der Waals surface area contributed by atoms with Gasteiger partial charge < -0.3 is 10.2 Å². The second-order valence-corrected chi connectivity index (χ2v) is 5.12. The molecule has 0 aromatic carbocycles. The van der Waals surface area contributed by atoms with Crippen LogP contribution in [0, 0.1) is 11.3 Å². The van der Waals surface area contributed by atoms with E-state index in [2.05, 4.69) is 12.2 Å². The van der Waals surface area contributed by atoms with Crippen molar-refractivity contribution in [2.45, 2.75) is 26.2 Å². The van der Waals surface area contributed by atoms with Crippen molar-refractivity contribution in [2.24, 2.45) is 11.3 Å². The van der Waals surface area contributed by atoms with Gasteiger partial charge in [-0.2, -0.15) is 0 Å². The summed E-state index contributed by atoms with van der Waals surface area (Å²) in [5.74, 6) is 0.586. The van der Waals surface area contributed by atoms with Crippen molar-refractivity contribution in [3.63, 3.8) is 0 Å². The highest BCUT2D eigenvalue weighted by Gasteiger charge is 2.40. The van der Waals surface area contributed by atoms with Crippen LogP contribution >= 0.6 is 0 Å². The molecule has 0 bridgehead atoms. The summed E-state index contributed by atoms with van der Waals surface area (Å²) in [6.07, 6.45) is 3.63. The van der Waals surface area contributed by atoms with Crippen LogP contribution in [0.2, 0.25) is 0 Å². The molecule has 1 spiro atoms. The molecule has 0 aliphatic carbocycles. The molecule has 15 heavy (non-hydrogen) atoms. The number of hydrogen-bond donors (Lipinski definition) is 1. The highest BCUT2D eigenvalue weighted by molar-refractivity contribution is 5.76. The molecular formula is C11H18N2O2. The summed E-state index contributed by atoms with van der Waals surface area (Å²) < 4.78 is 0. The first-order valence-corrected chi connectivity index (χ1v) is 5.60.